The molecule has 1 aromatic carbocycles. The fourth-order valence-corrected chi connectivity index (χ4v) is 6.58. The third-order valence-electron chi connectivity index (χ3n) is 7.78. The largest absolute Gasteiger partial charge is 0.501 e. The molecule has 38 heavy (non-hydrogen) atoms. The van der Waals surface area contributed by atoms with Crippen LogP contribution in [-0.2, 0) is 11.3 Å². The molecular formula is C30H42N6OS. The summed E-state index contributed by atoms with van der Waals surface area (Å²) in [5, 5.41) is 4.16. The SMILES string of the molecule is COC1=C(CC2=NC3C=CN(C)C3C(=NCc3ccccc3SC(C)C)N2)C=CC(N2CCN(C)CC2)C1. The van der Waals surface area contributed by atoms with Crippen molar-refractivity contribution in [3.8, 4) is 0 Å². The van der Waals surface area contributed by atoms with E-state index in [1.165, 1.54) is 16.0 Å². The summed E-state index contributed by atoms with van der Waals surface area (Å²) < 4.78 is 5.92. The topological polar surface area (TPSA) is 55.7 Å². The van der Waals surface area contributed by atoms with Crippen LogP contribution in [0.25, 0.3) is 0 Å². The van der Waals surface area contributed by atoms with E-state index in [4.69, 9.17) is 14.7 Å². The Morgan fingerprint density at radius 2 is 1.92 bits per heavy atom. The first-order chi connectivity index (χ1) is 18.4. The number of methoxy groups -OCH3 is 1. The number of piperazine rings is 1. The van der Waals surface area contributed by atoms with Crippen LogP contribution in [0, 0.1) is 0 Å². The minimum Gasteiger partial charge on any atom is -0.501 e. The van der Waals surface area contributed by atoms with E-state index in [1.54, 1.807) is 7.11 Å². The standard InChI is InChI=1S/C30H42N6OS/c1-21(2)38-27-9-7-6-8-23(27)20-31-30-29-25(12-13-35(29)4)32-28(33-30)18-22-10-11-24(19-26(22)37-5)36-16-14-34(3)15-17-36/h6-13,21,24-25,29H,14-20H2,1-5H3,(H,31,32,33). The van der Waals surface area contributed by atoms with Gasteiger partial charge in [-0.3, -0.25) is 14.9 Å². The first-order valence-corrected chi connectivity index (χ1v) is 14.7. The van der Waals surface area contributed by atoms with Crippen LogP contribution in [0.15, 0.2) is 74.9 Å². The van der Waals surface area contributed by atoms with E-state index in [0.29, 0.717) is 24.3 Å². The maximum Gasteiger partial charge on any atom is 0.127 e. The van der Waals surface area contributed by atoms with Crippen LogP contribution in [0.4, 0.5) is 0 Å². The first-order valence-electron chi connectivity index (χ1n) is 13.8. The molecule has 0 saturated carbocycles. The quantitative estimate of drug-likeness (QED) is 0.506. The molecule has 1 saturated heterocycles. The molecule has 8 heteroatoms. The normalized spacial score (nSPS) is 27.2. The number of likely N-dealkylation sites (N-methyl/N-ethyl adjacent to an activating group) is 2. The van der Waals surface area contributed by atoms with Crippen LogP contribution >= 0.6 is 11.8 Å². The van der Waals surface area contributed by atoms with Crippen molar-refractivity contribution in [1.29, 1.82) is 0 Å². The van der Waals surface area contributed by atoms with Crippen LogP contribution in [-0.4, -0.2) is 97.1 Å². The lowest BCUT2D eigenvalue weighted by atomic mass is 9.96. The number of ether oxygens (including phenoxy) is 1. The van der Waals surface area contributed by atoms with Gasteiger partial charge < -0.3 is 19.9 Å². The van der Waals surface area contributed by atoms with Gasteiger partial charge in [0.25, 0.3) is 0 Å². The molecule has 0 radical (unpaired) electrons. The molecule has 0 amide bonds. The third kappa shape index (κ3) is 6.19. The number of nitrogens with one attached hydrogen (secondary N) is 1. The van der Waals surface area contributed by atoms with Gasteiger partial charge in [-0.25, -0.2) is 0 Å². The summed E-state index contributed by atoms with van der Waals surface area (Å²) in [7, 11) is 6.11. The maximum atomic E-state index is 5.92. The average Bonchev–Trinajstić information content (AvgIpc) is 3.29. The number of thioether (sulfide) groups is 1. The van der Waals surface area contributed by atoms with Crippen LogP contribution in [0.5, 0.6) is 0 Å². The minimum atomic E-state index is 0.0764. The first kappa shape index (κ1) is 27.0. The van der Waals surface area contributed by atoms with Gasteiger partial charge in [-0.05, 0) is 36.5 Å². The molecule has 204 valence electrons. The van der Waals surface area contributed by atoms with E-state index in [0.717, 1.165) is 50.0 Å². The zero-order chi connectivity index (χ0) is 26.6. The summed E-state index contributed by atoms with van der Waals surface area (Å²) in [6.45, 7) is 9.58. The van der Waals surface area contributed by atoms with Crippen molar-refractivity contribution in [1.82, 2.24) is 20.0 Å². The van der Waals surface area contributed by atoms with Gasteiger partial charge in [0.1, 0.15) is 23.5 Å². The molecular weight excluding hydrogens is 492 g/mol. The summed E-state index contributed by atoms with van der Waals surface area (Å²) in [6, 6.07) is 9.21. The molecule has 5 rings (SSSR count). The van der Waals surface area contributed by atoms with E-state index in [-0.39, 0.29) is 12.1 Å². The molecule has 7 nitrogen and oxygen atoms in total. The van der Waals surface area contributed by atoms with Gasteiger partial charge in [0.2, 0.25) is 0 Å². The lowest BCUT2D eigenvalue weighted by Crippen LogP contribution is -2.52. The molecule has 1 N–H and O–H groups in total. The summed E-state index contributed by atoms with van der Waals surface area (Å²) in [6.07, 6.45) is 10.6. The van der Waals surface area contributed by atoms with Crippen molar-refractivity contribution in [3.63, 3.8) is 0 Å². The molecule has 3 atom stereocenters. The van der Waals surface area contributed by atoms with E-state index < -0.39 is 0 Å². The Hall–Kier alpha value is -2.55. The lowest BCUT2D eigenvalue weighted by molar-refractivity contribution is 0.119. The summed E-state index contributed by atoms with van der Waals surface area (Å²) in [4.78, 5) is 18.7. The molecule has 1 aliphatic carbocycles. The Labute approximate surface area is 232 Å². The Morgan fingerprint density at radius 1 is 1.13 bits per heavy atom. The Bertz CT molecular complexity index is 1150. The van der Waals surface area contributed by atoms with Crippen molar-refractivity contribution in [3.05, 3.63) is 65.6 Å². The monoisotopic (exact) mass is 534 g/mol. The van der Waals surface area contributed by atoms with Crippen molar-refractivity contribution in [2.24, 2.45) is 9.98 Å². The van der Waals surface area contributed by atoms with Gasteiger partial charge in [0.15, 0.2) is 0 Å². The molecule has 0 aromatic heterocycles. The van der Waals surface area contributed by atoms with Crippen molar-refractivity contribution < 1.29 is 4.74 Å². The van der Waals surface area contributed by atoms with Crippen LogP contribution in [0.1, 0.15) is 32.3 Å². The number of allylic oxidation sites excluding steroid dienone is 1. The number of amidine groups is 2. The molecule has 1 fully saturated rings. The number of aliphatic imine (C=N–C) groups is 2. The highest BCUT2D eigenvalue weighted by Crippen LogP contribution is 2.30. The van der Waals surface area contributed by atoms with Crippen LogP contribution in [0.2, 0.25) is 0 Å². The average molecular weight is 535 g/mol. The van der Waals surface area contributed by atoms with Gasteiger partial charge in [0, 0.05) is 62.3 Å². The number of nitrogens with zero attached hydrogens (tertiary/aromatic N) is 5. The highest BCUT2D eigenvalue weighted by molar-refractivity contribution is 8.00. The maximum absolute atomic E-state index is 5.92. The molecule has 3 unspecified atom stereocenters. The number of hydrogen-bond acceptors (Lipinski definition) is 7. The Kier molecular flexibility index (Phi) is 8.61. The van der Waals surface area contributed by atoms with Gasteiger partial charge in [-0.2, -0.15) is 0 Å². The van der Waals surface area contributed by atoms with Crippen molar-refractivity contribution >= 4 is 23.4 Å². The van der Waals surface area contributed by atoms with Gasteiger partial charge in [-0.15, -0.1) is 11.8 Å². The fourth-order valence-electron chi connectivity index (χ4n) is 5.63. The second kappa shape index (κ2) is 12.1. The Balaban J connectivity index is 1.32. The number of hydrogen-bond donors (Lipinski definition) is 1. The molecule has 3 aliphatic heterocycles. The van der Waals surface area contributed by atoms with E-state index in [9.17, 15) is 0 Å². The van der Waals surface area contributed by atoms with Gasteiger partial charge in [0.05, 0.1) is 19.7 Å². The van der Waals surface area contributed by atoms with Crippen molar-refractivity contribution in [2.45, 2.75) is 61.5 Å². The summed E-state index contributed by atoms with van der Waals surface area (Å²) in [5.74, 6) is 3.02. The molecule has 1 aromatic rings. The van der Waals surface area contributed by atoms with E-state index in [1.807, 2.05) is 11.8 Å². The minimum absolute atomic E-state index is 0.0764. The molecule has 0 spiro atoms. The second-order valence-electron chi connectivity index (χ2n) is 10.9. The predicted octanol–water partition coefficient (Wildman–Crippen LogP) is 4.15. The number of fused-ring (bicyclic) bond motifs is 1. The number of rotatable bonds is 8. The zero-order valence-corrected chi connectivity index (χ0v) is 24.2. The molecule has 3 heterocycles. The summed E-state index contributed by atoms with van der Waals surface area (Å²) >= 11 is 1.90. The lowest BCUT2D eigenvalue weighted by Gasteiger charge is -2.38. The molecule has 0 bridgehead atoms. The van der Waals surface area contributed by atoms with Gasteiger partial charge in [-0.1, -0.05) is 44.2 Å². The third-order valence-corrected chi connectivity index (χ3v) is 8.90. The highest BCUT2D eigenvalue weighted by Gasteiger charge is 2.36. The van der Waals surface area contributed by atoms with Crippen LogP contribution < -0.4 is 5.32 Å². The van der Waals surface area contributed by atoms with E-state index >= 15 is 0 Å². The Morgan fingerprint density at radius 3 is 2.68 bits per heavy atom. The van der Waals surface area contributed by atoms with Crippen molar-refractivity contribution in [2.75, 3.05) is 47.4 Å². The zero-order valence-electron chi connectivity index (χ0n) is 23.4. The second-order valence-corrected chi connectivity index (χ2v) is 12.5. The fraction of sp³-hybridized carbons (Fsp3) is 0.533. The predicted molar refractivity (Wildman–Crippen MR) is 159 cm³/mol. The van der Waals surface area contributed by atoms with Crippen LogP contribution in [0.3, 0.4) is 0 Å². The van der Waals surface area contributed by atoms with E-state index in [2.05, 4.69) is 96.7 Å². The molecule has 4 aliphatic rings. The number of benzene rings is 1. The smallest absolute Gasteiger partial charge is 0.127 e. The van der Waals surface area contributed by atoms with Gasteiger partial charge >= 0.3 is 0 Å². The highest BCUT2D eigenvalue weighted by atomic mass is 32.2. The summed E-state index contributed by atoms with van der Waals surface area (Å²) in [5.41, 5.74) is 2.47.